The third-order valence-corrected chi connectivity index (χ3v) is 5.68. The number of likely N-dealkylation sites (tertiary alicyclic amines) is 1. The maximum Gasteiger partial charge on any atom is 0.256 e. The number of carbonyl (C=O) groups is 2. The second-order valence-corrected chi connectivity index (χ2v) is 8.17. The molecule has 2 amide bonds. The summed E-state index contributed by atoms with van der Waals surface area (Å²) in [5, 5.41) is 0. The normalized spacial score (nSPS) is 16.2. The number of aromatic nitrogens is 2. The third-order valence-electron chi connectivity index (χ3n) is 5.68. The van der Waals surface area contributed by atoms with E-state index in [0.29, 0.717) is 36.6 Å². The molecule has 0 bridgehead atoms. The van der Waals surface area contributed by atoms with E-state index in [1.165, 1.54) is 17.0 Å². The van der Waals surface area contributed by atoms with E-state index in [1.807, 2.05) is 16.8 Å². The Morgan fingerprint density at radius 2 is 1.87 bits per heavy atom. The first kappa shape index (κ1) is 22.7. The number of aryl methyl sites for hydroxylation is 1. The van der Waals surface area contributed by atoms with Crippen LogP contribution >= 0.6 is 0 Å². The fourth-order valence-electron chi connectivity index (χ4n) is 3.83. The molecular formula is C23H30FN5O2. The van der Waals surface area contributed by atoms with Crippen molar-refractivity contribution in [3.05, 3.63) is 53.4 Å². The van der Waals surface area contributed by atoms with Crippen molar-refractivity contribution in [2.24, 2.45) is 0 Å². The molecule has 8 heteroatoms. The first-order valence-corrected chi connectivity index (χ1v) is 10.6. The molecule has 2 aromatic rings. The zero-order chi connectivity index (χ0) is 22.5. The van der Waals surface area contributed by atoms with Gasteiger partial charge in [-0.1, -0.05) is 0 Å². The average molecular weight is 428 g/mol. The molecule has 31 heavy (non-hydrogen) atoms. The lowest BCUT2D eigenvalue weighted by Crippen LogP contribution is -2.40. The number of hydrogen-bond donors (Lipinski definition) is 0. The van der Waals surface area contributed by atoms with Gasteiger partial charge in [-0.15, -0.1) is 0 Å². The van der Waals surface area contributed by atoms with E-state index in [9.17, 15) is 14.0 Å². The minimum Gasteiger partial charge on any atom is -0.374 e. The van der Waals surface area contributed by atoms with Crippen molar-refractivity contribution in [2.75, 3.05) is 39.1 Å². The number of rotatable bonds is 6. The molecule has 1 aliphatic heterocycles. The number of anilines is 1. The highest BCUT2D eigenvalue weighted by Crippen LogP contribution is 2.30. The molecule has 1 aromatic carbocycles. The average Bonchev–Trinajstić information content (AvgIpc) is 2.77. The van der Waals surface area contributed by atoms with E-state index in [0.717, 1.165) is 24.9 Å². The lowest BCUT2D eigenvalue weighted by atomic mass is 10.0. The summed E-state index contributed by atoms with van der Waals surface area (Å²) < 4.78 is 13.1. The molecular weight excluding hydrogens is 397 g/mol. The number of carbonyl (C=O) groups excluding carboxylic acids is 2. The van der Waals surface area contributed by atoms with Gasteiger partial charge in [-0.2, -0.15) is 0 Å². The fourth-order valence-corrected chi connectivity index (χ4v) is 3.83. The van der Waals surface area contributed by atoms with E-state index >= 15 is 0 Å². The molecule has 1 atom stereocenters. The number of piperidine rings is 1. The standard InChI is InChI=1S/C23H30FN5O2/c1-16-19(23(31)27(2)3)15-25-22(26-16)20-7-5-6-13-29(20)21(30)12-14-28(4)18-10-8-17(24)9-11-18/h8-11,15,20H,5-7,12-14H2,1-4H3. The zero-order valence-corrected chi connectivity index (χ0v) is 18.6. The molecule has 0 aliphatic carbocycles. The SMILES string of the molecule is Cc1nc(C2CCCCN2C(=O)CCN(C)c2ccc(F)cc2)ncc1C(=O)N(C)C. The Morgan fingerprint density at radius 3 is 2.52 bits per heavy atom. The molecule has 3 rings (SSSR count). The number of nitrogens with zero attached hydrogens (tertiary/aromatic N) is 5. The summed E-state index contributed by atoms with van der Waals surface area (Å²) in [6.07, 6.45) is 4.68. The summed E-state index contributed by atoms with van der Waals surface area (Å²) in [6, 6.07) is 6.06. The summed E-state index contributed by atoms with van der Waals surface area (Å²) >= 11 is 0. The Kier molecular flexibility index (Phi) is 7.20. The quantitative estimate of drug-likeness (QED) is 0.708. The van der Waals surface area contributed by atoms with Gasteiger partial charge < -0.3 is 14.7 Å². The maximum atomic E-state index is 13.1. The Balaban J connectivity index is 1.70. The van der Waals surface area contributed by atoms with Crippen LogP contribution in [0.3, 0.4) is 0 Å². The van der Waals surface area contributed by atoms with Crippen LogP contribution in [-0.4, -0.2) is 65.8 Å². The van der Waals surface area contributed by atoms with Gasteiger partial charge in [0.25, 0.3) is 5.91 Å². The van der Waals surface area contributed by atoms with Gasteiger partial charge in [-0.3, -0.25) is 9.59 Å². The molecule has 0 radical (unpaired) electrons. The molecule has 0 N–H and O–H groups in total. The van der Waals surface area contributed by atoms with E-state index in [2.05, 4.69) is 9.97 Å². The molecule has 1 aromatic heterocycles. The highest BCUT2D eigenvalue weighted by atomic mass is 19.1. The summed E-state index contributed by atoms with van der Waals surface area (Å²) in [5.41, 5.74) is 1.96. The van der Waals surface area contributed by atoms with Crippen molar-refractivity contribution >= 4 is 17.5 Å². The van der Waals surface area contributed by atoms with Gasteiger partial charge in [0.15, 0.2) is 5.82 Å². The van der Waals surface area contributed by atoms with Gasteiger partial charge in [0.1, 0.15) is 5.82 Å². The Bertz CT molecular complexity index is 932. The second-order valence-electron chi connectivity index (χ2n) is 8.17. The summed E-state index contributed by atoms with van der Waals surface area (Å²) in [6.45, 7) is 3.00. The lowest BCUT2D eigenvalue weighted by molar-refractivity contribution is -0.135. The van der Waals surface area contributed by atoms with Crippen LogP contribution in [0.5, 0.6) is 0 Å². The molecule has 7 nitrogen and oxygen atoms in total. The highest BCUT2D eigenvalue weighted by Gasteiger charge is 2.30. The zero-order valence-electron chi connectivity index (χ0n) is 18.6. The molecule has 1 saturated heterocycles. The molecule has 2 heterocycles. The van der Waals surface area contributed by atoms with Crippen LogP contribution in [0.2, 0.25) is 0 Å². The predicted molar refractivity (Wildman–Crippen MR) is 117 cm³/mol. The molecule has 1 aliphatic rings. The van der Waals surface area contributed by atoms with Crippen LogP contribution in [0.4, 0.5) is 10.1 Å². The minimum atomic E-state index is -0.280. The highest BCUT2D eigenvalue weighted by molar-refractivity contribution is 5.94. The van der Waals surface area contributed by atoms with Crippen LogP contribution in [0.25, 0.3) is 0 Å². The largest absolute Gasteiger partial charge is 0.374 e. The van der Waals surface area contributed by atoms with Gasteiger partial charge in [0, 0.05) is 52.5 Å². The van der Waals surface area contributed by atoms with Crippen molar-refractivity contribution in [3.63, 3.8) is 0 Å². The van der Waals surface area contributed by atoms with Crippen LogP contribution in [0, 0.1) is 12.7 Å². The van der Waals surface area contributed by atoms with Gasteiger partial charge in [-0.05, 0) is 50.5 Å². The van der Waals surface area contributed by atoms with E-state index < -0.39 is 0 Å². The minimum absolute atomic E-state index is 0.0494. The number of amides is 2. The summed E-state index contributed by atoms with van der Waals surface area (Å²) in [4.78, 5) is 39.7. The van der Waals surface area contributed by atoms with Crippen molar-refractivity contribution in [1.82, 2.24) is 19.8 Å². The summed E-state index contributed by atoms with van der Waals surface area (Å²) in [7, 11) is 5.28. The van der Waals surface area contributed by atoms with Crippen molar-refractivity contribution < 1.29 is 14.0 Å². The van der Waals surface area contributed by atoms with Crippen molar-refractivity contribution in [2.45, 2.75) is 38.6 Å². The Hall–Kier alpha value is -3.03. The second kappa shape index (κ2) is 9.85. The predicted octanol–water partition coefficient (Wildman–Crippen LogP) is 3.21. The van der Waals surface area contributed by atoms with Gasteiger partial charge >= 0.3 is 0 Å². The fraction of sp³-hybridized carbons (Fsp3) is 0.478. The maximum absolute atomic E-state index is 13.1. The Labute approximate surface area is 182 Å². The Morgan fingerprint density at radius 1 is 1.16 bits per heavy atom. The number of benzene rings is 1. The lowest BCUT2D eigenvalue weighted by Gasteiger charge is -2.35. The molecule has 0 saturated carbocycles. The van der Waals surface area contributed by atoms with Crippen molar-refractivity contribution in [1.29, 1.82) is 0 Å². The van der Waals surface area contributed by atoms with Crippen LogP contribution in [0.15, 0.2) is 30.5 Å². The van der Waals surface area contributed by atoms with Crippen LogP contribution < -0.4 is 4.90 Å². The van der Waals surface area contributed by atoms with Crippen LogP contribution in [-0.2, 0) is 4.79 Å². The van der Waals surface area contributed by atoms with E-state index in [4.69, 9.17) is 0 Å². The third kappa shape index (κ3) is 5.37. The first-order valence-electron chi connectivity index (χ1n) is 10.6. The molecule has 0 spiro atoms. The number of halogens is 1. The van der Waals surface area contributed by atoms with E-state index in [1.54, 1.807) is 39.3 Å². The molecule has 1 fully saturated rings. The summed E-state index contributed by atoms with van der Waals surface area (Å²) in [5.74, 6) is 0.226. The monoisotopic (exact) mass is 427 g/mol. The van der Waals surface area contributed by atoms with Crippen molar-refractivity contribution in [3.8, 4) is 0 Å². The van der Waals surface area contributed by atoms with Gasteiger partial charge in [-0.25, -0.2) is 14.4 Å². The van der Waals surface area contributed by atoms with Crippen LogP contribution in [0.1, 0.15) is 53.6 Å². The first-order chi connectivity index (χ1) is 14.8. The molecule has 166 valence electrons. The smallest absolute Gasteiger partial charge is 0.256 e. The van der Waals surface area contributed by atoms with Gasteiger partial charge in [0.05, 0.1) is 17.3 Å². The van der Waals surface area contributed by atoms with E-state index in [-0.39, 0.29) is 23.7 Å². The topological polar surface area (TPSA) is 69.6 Å². The molecule has 1 unspecified atom stereocenters. The van der Waals surface area contributed by atoms with Gasteiger partial charge in [0.2, 0.25) is 5.91 Å². The number of hydrogen-bond acceptors (Lipinski definition) is 5.